The van der Waals surface area contributed by atoms with Crippen LogP contribution in [0.1, 0.15) is 326 Å². The number of hydrogen-bond acceptors (Lipinski definition) is 16. The highest BCUT2D eigenvalue weighted by molar-refractivity contribution is 7.79. The zero-order chi connectivity index (χ0) is 92.5. The first kappa shape index (κ1) is 94.2. The summed E-state index contributed by atoms with van der Waals surface area (Å²) in [6, 6.07) is 57.9. The maximum Gasteiger partial charge on any atom is 0.194 e. The normalized spacial score (nSPS) is 17.6. The molecule has 0 spiro atoms. The molecule has 0 aliphatic heterocycles. The van der Waals surface area contributed by atoms with Crippen molar-refractivity contribution in [3.8, 4) is 43.8 Å². The van der Waals surface area contributed by atoms with Crippen molar-refractivity contribution in [2.45, 2.75) is 259 Å². The van der Waals surface area contributed by atoms with Crippen LogP contribution in [-0.2, 0) is 49.4 Å². The molecule has 6 aromatic carbocycles. The first-order valence-electron chi connectivity index (χ1n) is 48.1. The highest BCUT2D eigenvalue weighted by atomic mass is 32.1. The molecular weight excluding hydrogens is 1730 g/mol. The zero-order valence-corrected chi connectivity index (χ0v) is 82.5. The molecule has 16 heteroatoms. The second-order valence-corrected chi connectivity index (χ2v) is 41.2. The minimum Gasteiger partial charge on any atom is -0.298 e. The predicted octanol–water partition coefficient (Wildman–Crippen LogP) is 31.7. The van der Waals surface area contributed by atoms with Gasteiger partial charge in [-0.3, -0.25) is 20.4 Å². The van der Waals surface area contributed by atoms with E-state index in [0.717, 1.165) is 174 Å². The number of thiol groups is 2. The van der Waals surface area contributed by atoms with E-state index in [-0.39, 0.29) is 67.9 Å². The molecule has 10 aromatic rings. The number of hydrogen-bond donors (Lipinski definition) is 4. The number of ketones is 2. The summed E-state index contributed by atoms with van der Waals surface area (Å²) in [6.45, 7) is 18.3. The Morgan fingerprint density at radius 1 is 0.371 bits per heavy atom. The molecule has 668 valence electrons. The largest absolute Gasteiger partial charge is 0.298 e. The van der Waals surface area contributed by atoms with Gasteiger partial charge in [0.05, 0.1) is 51.2 Å². The first-order chi connectivity index (χ1) is 64.4. The lowest BCUT2D eigenvalue weighted by molar-refractivity contribution is 0.103. The van der Waals surface area contributed by atoms with E-state index in [4.69, 9.17) is 0 Å². The summed E-state index contributed by atoms with van der Waals surface area (Å²) in [5.41, 5.74) is 23.9. The van der Waals surface area contributed by atoms with Crippen molar-refractivity contribution in [3.05, 3.63) is 324 Å². The molecule has 0 amide bonds. The van der Waals surface area contributed by atoms with E-state index in [1.165, 1.54) is 147 Å². The van der Waals surface area contributed by atoms with Crippen LogP contribution < -0.4 is 0 Å². The molecule has 4 heterocycles. The van der Waals surface area contributed by atoms with Gasteiger partial charge in [0.25, 0.3) is 0 Å². The minimum absolute atomic E-state index is 0.139. The Balaban J connectivity index is 1.02. The minimum atomic E-state index is -0.941. The fourth-order valence-electron chi connectivity index (χ4n) is 21.3. The molecule has 0 bridgehead atoms. The zero-order valence-electron chi connectivity index (χ0n) is 77.4. The van der Waals surface area contributed by atoms with Crippen LogP contribution in [0.25, 0.3) is 51.2 Å². The average molecular weight is 1850 g/mol. The van der Waals surface area contributed by atoms with Gasteiger partial charge in [0, 0.05) is 76.6 Å². The van der Waals surface area contributed by atoms with Gasteiger partial charge in [-0.25, -0.2) is 8.80 Å². The average Bonchev–Trinajstić information content (AvgIpc) is 1.48. The Hall–Kier alpha value is -11.0. The first-order valence-corrected chi connectivity index (χ1v) is 52.2. The van der Waals surface area contributed by atoms with Crippen LogP contribution in [0, 0.1) is 70.0 Å². The van der Waals surface area contributed by atoms with Crippen LogP contribution in [0.5, 0.6) is 0 Å². The van der Waals surface area contributed by atoms with Gasteiger partial charge in [-0.1, -0.05) is 314 Å². The van der Waals surface area contributed by atoms with Gasteiger partial charge in [-0.15, -0.1) is 45.3 Å². The second-order valence-electron chi connectivity index (χ2n) is 36.7. The summed E-state index contributed by atoms with van der Waals surface area (Å²) in [5.74, 6) is -0.630. The molecule has 0 fully saturated rings. The third-order valence-corrected chi connectivity index (χ3v) is 33.2. The maximum atomic E-state index is 14.6. The molecule has 2 atom stereocenters. The summed E-state index contributed by atoms with van der Waals surface area (Å²) < 4.78 is 11.7. The van der Waals surface area contributed by atoms with E-state index in [2.05, 4.69) is 199 Å². The highest BCUT2D eigenvalue weighted by Crippen LogP contribution is 2.71. The van der Waals surface area contributed by atoms with Crippen LogP contribution in [0.4, 0.5) is 0 Å². The number of rotatable bonds is 38. The van der Waals surface area contributed by atoms with E-state index in [1.807, 2.05) is 47.0 Å². The maximum absolute atomic E-state index is 14.6. The number of thiophene rings is 4. The molecule has 10 nitrogen and oxygen atoms in total. The van der Waals surface area contributed by atoms with Gasteiger partial charge in [0.15, 0.2) is 11.6 Å². The van der Waals surface area contributed by atoms with Crippen LogP contribution in [-0.4, -0.2) is 34.4 Å². The number of aryl methyl sites for hydroxylation is 8. The molecule has 2 unspecified atom stereocenters. The van der Waals surface area contributed by atoms with Crippen molar-refractivity contribution < 1.29 is 9.59 Å². The third kappa shape index (κ3) is 17.8. The van der Waals surface area contributed by atoms with Crippen LogP contribution >= 0.6 is 71.0 Å². The smallest absolute Gasteiger partial charge is 0.194 e. The van der Waals surface area contributed by atoms with Crippen molar-refractivity contribution in [2.75, 3.05) is 0 Å². The van der Waals surface area contributed by atoms with E-state index in [0.29, 0.717) is 44.5 Å². The summed E-state index contributed by atoms with van der Waals surface area (Å²) >= 11 is 16.8. The number of Topliss-reactive ketones (excluding diaryl/α,β-unsaturated/α-hetero) is 2. The van der Waals surface area contributed by atoms with Crippen molar-refractivity contribution >= 4 is 137 Å². The number of nitrogens with zero attached hydrogens (tertiary/aromatic N) is 6. The van der Waals surface area contributed by atoms with Crippen molar-refractivity contribution in [1.82, 2.24) is 0 Å². The van der Waals surface area contributed by atoms with Crippen molar-refractivity contribution in [3.63, 3.8) is 0 Å². The number of carbonyl (C=O) groups excluding carboxylic acids is 2. The molecule has 0 radical (unpaired) electrons. The summed E-state index contributed by atoms with van der Waals surface area (Å²) in [4.78, 5) is 35.8. The molecule has 6 aliphatic carbocycles. The van der Waals surface area contributed by atoms with Gasteiger partial charge >= 0.3 is 0 Å². The number of benzene rings is 6. The second kappa shape index (κ2) is 42.0. The number of nitrogens with one attached hydrogen (secondary N) is 2. The number of nitriles is 4. The third-order valence-electron chi connectivity index (χ3n) is 27.6. The van der Waals surface area contributed by atoms with Crippen molar-refractivity contribution in [1.29, 1.82) is 31.9 Å². The standard InChI is InChI=1S/C116H116N8O2S6/c1-9-15-21-27-37-73-51-71(7)53-83(57-73)115(85-59-75(39-29-23-17-11-3)55-76(60-85)40-30-24-18-12-4)95-65-97(91-49-47-79(105(123-127)103(91)121)63-93-99(81(67-117)68-118)87-43-33-35-45-89(87)107(93)125)129-109(95)111-101(115)113-114(131-111)102-112(132-113)110-96(66-98(130-110)92-50-48-80(106(124-128)104(92)122)64-94-100(82(69-119)70-120)88-44-34-36-46-90(88)108(94)126)116(102,84-54-72(8)52-74(58-84)38-28-22-16-10-2)86-61-77(41-31-25-19-13-5)56-78(62-86)42-32-26-20-14-6/h33-36,43-66,121-122,127-128H,9-32,37-42H2,1-8H3/b93-63-,94-64-,121-103?,122-104?,123-105?,124-106?. The lowest BCUT2D eigenvalue weighted by atomic mass is 9.65. The summed E-state index contributed by atoms with van der Waals surface area (Å²) in [6.07, 6.45) is 43.9. The molecule has 2 N–H and O–H groups in total. The van der Waals surface area contributed by atoms with Crippen LogP contribution in [0.15, 0.2) is 212 Å². The topological polar surface area (TPSA) is 202 Å². The Bertz CT molecular complexity index is 6330. The summed E-state index contributed by atoms with van der Waals surface area (Å²) in [7, 11) is 0. The van der Waals surface area contributed by atoms with Gasteiger partial charge in [-0.05, 0) is 219 Å². The fourth-order valence-corrected chi connectivity index (χ4v) is 27.6. The summed E-state index contributed by atoms with van der Waals surface area (Å²) in [5, 5.41) is 62.9. The number of unbranched alkanes of at least 4 members (excludes halogenated alkanes) is 18. The van der Waals surface area contributed by atoms with E-state index in [1.54, 1.807) is 83.4 Å². The Morgan fingerprint density at radius 3 is 0.962 bits per heavy atom. The lowest BCUT2D eigenvalue weighted by Crippen LogP contribution is -2.30. The Kier molecular flexibility index (Phi) is 30.0. The molecule has 16 rings (SSSR count). The fraction of sp³-hybridized carbons (Fsp3) is 0.345. The molecule has 0 saturated heterocycles. The Morgan fingerprint density at radius 2 is 0.667 bits per heavy atom. The van der Waals surface area contributed by atoms with E-state index >= 15 is 0 Å². The van der Waals surface area contributed by atoms with Gasteiger partial charge < -0.3 is 0 Å². The SMILES string of the molecule is CCCCCCc1cc(C)cc(C2(c3cc(CCCCCC)cc(CCCCCC)c3)c3cc(C4=CC=C(/C=C5\C(=O)c6ccccc6C5=C(C#N)C#N)C(=NS)C4=N)sc3-c3sc4c5c(sc4c32)-c2sc(C3=CC=C(/C=C4\C(=O)c6ccccc6C4=C(C#N)C#N)C(=NS)C3=N)cc2C5(c2cc(C)cc(CCCCCC)c2)c2cc(CCCCCC)cc(CCCCCC)c2)c1. The molecule has 132 heavy (non-hydrogen) atoms. The van der Waals surface area contributed by atoms with Crippen LogP contribution in [0.2, 0.25) is 0 Å². The Labute approximate surface area is 807 Å². The molecular formula is C116H116N8O2S6. The molecule has 4 aromatic heterocycles. The highest BCUT2D eigenvalue weighted by Gasteiger charge is 2.56. The molecule has 0 saturated carbocycles. The monoisotopic (exact) mass is 1840 g/mol. The number of carbonyl (C=O) groups is 2. The molecule has 6 aliphatic rings. The van der Waals surface area contributed by atoms with E-state index < -0.39 is 10.8 Å². The van der Waals surface area contributed by atoms with Gasteiger partial charge in [0.2, 0.25) is 0 Å². The van der Waals surface area contributed by atoms with Crippen molar-refractivity contribution in [2.24, 2.45) is 8.80 Å². The lowest BCUT2D eigenvalue weighted by Gasteiger charge is -2.35. The van der Waals surface area contributed by atoms with Gasteiger partial charge in [-0.2, -0.15) is 21.0 Å². The number of fused-ring (bicyclic) bond motifs is 11. The quantitative estimate of drug-likeness (QED) is 0.00974. The van der Waals surface area contributed by atoms with Gasteiger partial charge in [0.1, 0.15) is 46.8 Å². The predicted molar refractivity (Wildman–Crippen MR) is 561 cm³/mol. The number of allylic oxidation sites excluding steroid dienone is 16. The van der Waals surface area contributed by atoms with E-state index in [9.17, 15) is 41.5 Å². The van der Waals surface area contributed by atoms with Crippen LogP contribution in [0.3, 0.4) is 0 Å².